The lowest BCUT2D eigenvalue weighted by atomic mass is 9.90. The first-order valence-corrected chi connectivity index (χ1v) is 8.38. The number of para-hydroxylation sites is 2. The van der Waals surface area contributed by atoms with Crippen molar-refractivity contribution in [2.24, 2.45) is 0 Å². The number of aromatic amines is 1. The molecule has 2 atom stereocenters. The summed E-state index contributed by atoms with van der Waals surface area (Å²) < 4.78 is 10.6. The molecule has 128 valence electrons. The molecule has 1 aliphatic rings. The number of hydrogen-bond donors (Lipinski definition) is 2. The van der Waals surface area contributed by atoms with E-state index in [0.717, 1.165) is 22.5 Å². The Bertz CT molecular complexity index is 932. The van der Waals surface area contributed by atoms with Gasteiger partial charge in [-0.15, -0.1) is 0 Å². The normalized spacial score (nSPS) is 19.4. The van der Waals surface area contributed by atoms with Crippen molar-refractivity contribution in [1.29, 1.82) is 0 Å². The SMILES string of the molecule is COC(=O)[C@@H]1Cc2c([nH]c3ccccc23)[C@@H](c2ccccc2OC)[NH2+]1. The van der Waals surface area contributed by atoms with Crippen LogP contribution in [0.4, 0.5) is 0 Å². The summed E-state index contributed by atoms with van der Waals surface area (Å²) in [5.74, 6) is 0.620. The summed E-state index contributed by atoms with van der Waals surface area (Å²) in [4.78, 5) is 15.8. The molecule has 0 saturated heterocycles. The fourth-order valence-electron chi connectivity index (χ4n) is 3.82. The first-order chi connectivity index (χ1) is 12.2. The van der Waals surface area contributed by atoms with Gasteiger partial charge < -0.3 is 19.8 Å². The summed E-state index contributed by atoms with van der Waals surface area (Å²) in [6, 6.07) is 15.9. The summed E-state index contributed by atoms with van der Waals surface area (Å²) in [6.07, 6.45) is 0.650. The lowest BCUT2D eigenvalue weighted by Crippen LogP contribution is -2.94. The van der Waals surface area contributed by atoms with Gasteiger partial charge in [-0.05, 0) is 23.8 Å². The van der Waals surface area contributed by atoms with Crippen molar-refractivity contribution in [3.63, 3.8) is 0 Å². The van der Waals surface area contributed by atoms with Crippen molar-refractivity contribution < 1.29 is 19.6 Å². The molecule has 25 heavy (non-hydrogen) atoms. The third-order valence-electron chi connectivity index (χ3n) is 4.98. The van der Waals surface area contributed by atoms with E-state index in [1.54, 1.807) is 7.11 Å². The van der Waals surface area contributed by atoms with E-state index >= 15 is 0 Å². The predicted molar refractivity (Wildman–Crippen MR) is 94.6 cm³/mol. The molecule has 3 aromatic rings. The van der Waals surface area contributed by atoms with Gasteiger partial charge in [0.05, 0.1) is 25.5 Å². The van der Waals surface area contributed by atoms with Gasteiger partial charge in [0.1, 0.15) is 5.75 Å². The monoisotopic (exact) mass is 337 g/mol. The maximum absolute atomic E-state index is 12.3. The molecular formula is C20H21N2O3+. The van der Waals surface area contributed by atoms with Crippen LogP contribution >= 0.6 is 0 Å². The van der Waals surface area contributed by atoms with E-state index in [-0.39, 0.29) is 18.1 Å². The molecule has 0 spiro atoms. The number of carbonyl (C=O) groups excluding carboxylic acids is 1. The molecule has 3 N–H and O–H groups in total. The van der Waals surface area contributed by atoms with Crippen LogP contribution in [0.2, 0.25) is 0 Å². The molecular weight excluding hydrogens is 316 g/mol. The minimum absolute atomic E-state index is 0.0450. The third kappa shape index (κ3) is 2.57. The van der Waals surface area contributed by atoms with E-state index in [9.17, 15) is 4.79 Å². The Morgan fingerprint density at radius 1 is 1.12 bits per heavy atom. The number of nitrogens with two attached hydrogens (primary N) is 1. The van der Waals surface area contributed by atoms with Crippen molar-refractivity contribution in [3.8, 4) is 5.75 Å². The summed E-state index contributed by atoms with van der Waals surface area (Å²) in [5, 5.41) is 3.24. The zero-order valence-corrected chi connectivity index (χ0v) is 14.3. The number of quaternary nitrogens is 1. The molecule has 1 aromatic heterocycles. The van der Waals surface area contributed by atoms with Gasteiger partial charge in [-0.3, -0.25) is 0 Å². The van der Waals surface area contributed by atoms with E-state index in [4.69, 9.17) is 9.47 Å². The average molecular weight is 337 g/mol. The van der Waals surface area contributed by atoms with Crippen LogP contribution in [0, 0.1) is 0 Å². The summed E-state index contributed by atoms with van der Waals surface area (Å²) in [7, 11) is 3.12. The molecule has 2 aromatic carbocycles. The number of ether oxygens (including phenoxy) is 2. The number of nitrogens with one attached hydrogen (secondary N) is 1. The van der Waals surface area contributed by atoms with Gasteiger partial charge in [-0.25, -0.2) is 4.79 Å². The zero-order valence-electron chi connectivity index (χ0n) is 14.3. The lowest BCUT2D eigenvalue weighted by molar-refractivity contribution is -0.712. The Morgan fingerprint density at radius 3 is 2.68 bits per heavy atom. The van der Waals surface area contributed by atoms with Crippen molar-refractivity contribution >= 4 is 16.9 Å². The van der Waals surface area contributed by atoms with Crippen LogP contribution in [0.25, 0.3) is 10.9 Å². The van der Waals surface area contributed by atoms with Crippen LogP contribution < -0.4 is 10.1 Å². The number of H-pyrrole nitrogens is 1. The van der Waals surface area contributed by atoms with Gasteiger partial charge in [-0.2, -0.15) is 0 Å². The third-order valence-corrected chi connectivity index (χ3v) is 4.98. The highest BCUT2D eigenvalue weighted by molar-refractivity contribution is 5.86. The number of rotatable bonds is 3. The first kappa shape index (κ1) is 15.7. The molecule has 0 fully saturated rings. The predicted octanol–water partition coefficient (Wildman–Crippen LogP) is 1.93. The molecule has 0 bridgehead atoms. The maximum Gasteiger partial charge on any atom is 0.364 e. The van der Waals surface area contributed by atoms with Crippen molar-refractivity contribution in [2.45, 2.75) is 18.5 Å². The second-order valence-corrected chi connectivity index (χ2v) is 6.31. The second-order valence-electron chi connectivity index (χ2n) is 6.31. The van der Waals surface area contributed by atoms with Crippen molar-refractivity contribution in [2.75, 3.05) is 14.2 Å². The fraction of sp³-hybridized carbons (Fsp3) is 0.250. The van der Waals surface area contributed by atoms with Crippen LogP contribution in [0.15, 0.2) is 48.5 Å². The maximum atomic E-state index is 12.3. The van der Waals surface area contributed by atoms with Crippen molar-refractivity contribution in [3.05, 3.63) is 65.4 Å². The molecule has 4 rings (SSSR count). The van der Waals surface area contributed by atoms with Crippen LogP contribution in [0.3, 0.4) is 0 Å². The number of carbonyl (C=O) groups is 1. The molecule has 5 heteroatoms. The number of methoxy groups -OCH3 is 2. The molecule has 0 unspecified atom stereocenters. The van der Waals surface area contributed by atoms with E-state index in [1.807, 2.05) is 30.3 Å². The van der Waals surface area contributed by atoms with E-state index in [0.29, 0.717) is 6.42 Å². The van der Waals surface area contributed by atoms with Gasteiger partial charge in [0, 0.05) is 17.3 Å². The summed E-state index contributed by atoms with van der Waals surface area (Å²) >= 11 is 0. The molecule has 0 aliphatic carbocycles. The number of esters is 1. The van der Waals surface area contributed by atoms with Gasteiger partial charge in [0.15, 0.2) is 12.1 Å². The Kier molecular flexibility index (Phi) is 3.93. The van der Waals surface area contributed by atoms with Crippen LogP contribution in [-0.2, 0) is 16.0 Å². The molecule has 0 saturated carbocycles. The lowest BCUT2D eigenvalue weighted by Gasteiger charge is -2.27. The Balaban J connectivity index is 1.90. The topological polar surface area (TPSA) is 67.9 Å². The minimum Gasteiger partial charge on any atom is -0.496 e. The highest BCUT2D eigenvalue weighted by Crippen LogP contribution is 2.35. The highest BCUT2D eigenvalue weighted by Gasteiger charge is 2.39. The molecule has 0 amide bonds. The largest absolute Gasteiger partial charge is 0.496 e. The zero-order chi connectivity index (χ0) is 17.4. The summed E-state index contributed by atoms with van der Waals surface area (Å²) in [6.45, 7) is 0. The average Bonchev–Trinajstić information content (AvgIpc) is 3.05. The molecule has 0 radical (unpaired) electrons. The Hall–Kier alpha value is -2.79. The highest BCUT2D eigenvalue weighted by atomic mass is 16.5. The fourth-order valence-corrected chi connectivity index (χ4v) is 3.82. The molecule has 5 nitrogen and oxygen atoms in total. The number of fused-ring (bicyclic) bond motifs is 3. The second kappa shape index (κ2) is 6.26. The van der Waals surface area contributed by atoms with E-state index in [2.05, 4.69) is 28.5 Å². The van der Waals surface area contributed by atoms with E-state index in [1.165, 1.54) is 18.1 Å². The van der Waals surface area contributed by atoms with Crippen LogP contribution in [-0.4, -0.2) is 31.2 Å². The standard InChI is InChI=1S/C20H20N2O3/c1-24-17-10-6-4-8-13(17)18-19-14(11-16(22-18)20(23)25-2)12-7-3-5-9-15(12)21-19/h3-10,16,18,21-22H,11H2,1-2H3/p+1/t16-,18+/m0/s1. The Labute approximate surface area is 146 Å². The van der Waals surface area contributed by atoms with Gasteiger partial charge in [0.2, 0.25) is 0 Å². The van der Waals surface area contributed by atoms with Crippen LogP contribution in [0.1, 0.15) is 22.9 Å². The number of aromatic nitrogens is 1. The number of benzene rings is 2. The minimum atomic E-state index is -0.272. The van der Waals surface area contributed by atoms with E-state index < -0.39 is 0 Å². The van der Waals surface area contributed by atoms with Crippen molar-refractivity contribution in [1.82, 2.24) is 4.98 Å². The number of hydrogen-bond acceptors (Lipinski definition) is 3. The molecule has 1 aliphatic heterocycles. The van der Waals surface area contributed by atoms with Gasteiger partial charge in [-0.1, -0.05) is 30.3 Å². The Morgan fingerprint density at radius 2 is 1.88 bits per heavy atom. The summed E-state index contributed by atoms with van der Waals surface area (Å²) in [5.41, 5.74) is 4.45. The molecule has 2 heterocycles. The quantitative estimate of drug-likeness (QED) is 0.718. The van der Waals surface area contributed by atoms with Gasteiger partial charge >= 0.3 is 5.97 Å². The first-order valence-electron chi connectivity index (χ1n) is 8.38. The van der Waals surface area contributed by atoms with Gasteiger partial charge in [0.25, 0.3) is 0 Å². The van der Waals surface area contributed by atoms with Crippen LogP contribution in [0.5, 0.6) is 5.75 Å². The smallest absolute Gasteiger partial charge is 0.364 e.